The molecular weight excluding hydrogens is 170 g/mol. The van der Waals surface area contributed by atoms with Crippen molar-refractivity contribution in [2.75, 3.05) is 0 Å². The van der Waals surface area contributed by atoms with Crippen LogP contribution in [-0.2, 0) is 6.54 Å². The van der Waals surface area contributed by atoms with Crippen molar-refractivity contribution in [1.82, 2.24) is 14.8 Å². The Labute approximate surface area is 76.1 Å². The average molecular weight is 183 g/mol. The molecule has 0 aliphatic rings. The lowest BCUT2D eigenvalue weighted by Gasteiger charge is -2.02. The van der Waals surface area contributed by atoms with Gasteiger partial charge in [-0.05, 0) is 5.92 Å². The van der Waals surface area contributed by atoms with E-state index in [-0.39, 0.29) is 11.7 Å². The highest BCUT2D eigenvalue weighted by Gasteiger charge is 2.06. The van der Waals surface area contributed by atoms with Crippen molar-refractivity contribution in [1.29, 1.82) is 0 Å². The smallest absolute Gasteiger partial charge is 0.219 e. The molecule has 6 nitrogen and oxygen atoms in total. The molecule has 0 aliphatic heterocycles. The molecule has 0 atom stereocenters. The van der Waals surface area contributed by atoms with Gasteiger partial charge in [0.2, 0.25) is 11.7 Å². The van der Waals surface area contributed by atoms with E-state index in [2.05, 4.69) is 29.1 Å². The molecular formula is C7H13N5O. The van der Waals surface area contributed by atoms with Gasteiger partial charge in [0.1, 0.15) is 6.33 Å². The maximum Gasteiger partial charge on any atom is 0.219 e. The van der Waals surface area contributed by atoms with Crippen LogP contribution in [0.1, 0.15) is 19.7 Å². The summed E-state index contributed by atoms with van der Waals surface area (Å²) in [5.41, 5.74) is 5.30. The predicted molar refractivity (Wildman–Crippen MR) is 47.4 cm³/mol. The zero-order chi connectivity index (χ0) is 9.84. The molecule has 0 aromatic carbocycles. The molecule has 0 amide bonds. The summed E-state index contributed by atoms with van der Waals surface area (Å²) < 4.78 is 1.66. The quantitative estimate of drug-likeness (QED) is 0.299. The Morgan fingerprint density at radius 3 is 3.00 bits per heavy atom. The van der Waals surface area contributed by atoms with E-state index in [9.17, 15) is 0 Å². The van der Waals surface area contributed by atoms with Crippen LogP contribution in [0, 0.1) is 5.92 Å². The van der Waals surface area contributed by atoms with Gasteiger partial charge in [-0.1, -0.05) is 19.0 Å². The second-order valence-electron chi connectivity index (χ2n) is 3.17. The fourth-order valence-electron chi connectivity index (χ4n) is 0.919. The molecule has 0 saturated carbocycles. The minimum Gasteiger partial charge on any atom is -0.409 e. The maximum absolute atomic E-state index is 8.35. The highest BCUT2D eigenvalue weighted by molar-refractivity contribution is 5.93. The third-order valence-electron chi connectivity index (χ3n) is 1.43. The molecule has 0 aliphatic carbocycles. The minimum absolute atomic E-state index is 0.0671. The normalized spacial score (nSPS) is 12.4. The van der Waals surface area contributed by atoms with E-state index in [0.29, 0.717) is 5.92 Å². The molecule has 6 heteroatoms. The lowest BCUT2D eigenvalue weighted by Crippen LogP contribution is -2.16. The van der Waals surface area contributed by atoms with Crippen LogP contribution in [0.2, 0.25) is 0 Å². The standard InChI is InChI=1S/C7H13N5O/c1-5(2)3-12-4-9-7(10-12)6(8)11-13/h4-5,13H,3H2,1-2H3,(H2,8,11). The van der Waals surface area contributed by atoms with E-state index in [4.69, 9.17) is 10.9 Å². The van der Waals surface area contributed by atoms with Gasteiger partial charge in [-0.25, -0.2) is 4.98 Å². The molecule has 72 valence electrons. The minimum atomic E-state index is -0.0671. The van der Waals surface area contributed by atoms with Crippen LogP contribution in [0.15, 0.2) is 11.5 Å². The highest BCUT2D eigenvalue weighted by atomic mass is 16.4. The molecule has 1 aromatic rings. The first-order chi connectivity index (χ1) is 6.13. The summed E-state index contributed by atoms with van der Waals surface area (Å²) in [6.07, 6.45) is 1.56. The molecule has 0 saturated heterocycles. The van der Waals surface area contributed by atoms with Crippen LogP contribution in [0.4, 0.5) is 0 Å². The summed E-state index contributed by atoms with van der Waals surface area (Å²) in [4.78, 5) is 3.88. The maximum atomic E-state index is 8.35. The van der Waals surface area contributed by atoms with Crippen LogP contribution in [0.3, 0.4) is 0 Å². The second-order valence-corrected chi connectivity index (χ2v) is 3.17. The van der Waals surface area contributed by atoms with E-state index in [0.717, 1.165) is 6.54 Å². The monoisotopic (exact) mass is 183 g/mol. The lowest BCUT2D eigenvalue weighted by molar-refractivity contribution is 0.318. The van der Waals surface area contributed by atoms with Crippen molar-refractivity contribution in [2.24, 2.45) is 16.8 Å². The Morgan fingerprint density at radius 2 is 2.46 bits per heavy atom. The zero-order valence-corrected chi connectivity index (χ0v) is 7.68. The van der Waals surface area contributed by atoms with Crippen molar-refractivity contribution in [3.05, 3.63) is 12.2 Å². The molecule has 0 spiro atoms. The van der Waals surface area contributed by atoms with E-state index in [1.54, 1.807) is 11.0 Å². The lowest BCUT2D eigenvalue weighted by atomic mass is 10.2. The number of hydrogen-bond acceptors (Lipinski definition) is 4. The first-order valence-corrected chi connectivity index (χ1v) is 4.01. The summed E-state index contributed by atoms with van der Waals surface area (Å²) in [7, 11) is 0. The van der Waals surface area contributed by atoms with Crippen LogP contribution in [0.5, 0.6) is 0 Å². The SMILES string of the molecule is CC(C)Cn1cnc(C(N)=NO)n1. The number of rotatable bonds is 3. The molecule has 1 rings (SSSR count). The summed E-state index contributed by atoms with van der Waals surface area (Å²) in [6, 6.07) is 0. The Hall–Kier alpha value is -1.59. The van der Waals surface area contributed by atoms with E-state index in [1.165, 1.54) is 0 Å². The van der Waals surface area contributed by atoms with E-state index >= 15 is 0 Å². The van der Waals surface area contributed by atoms with Crippen molar-refractivity contribution in [2.45, 2.75) is 20.4 Å². The number of amidine groups is 1. The average Bonchev–Trinajstić information content (AvgIpc) is 2.50. The fourth-order valence-corrected chi connectivity index (χ4v) is 0.919. The van der Waals surface area contributed by atoms with E-state index < -0.39 is 0 Å². The van der Waals surface area contributed by atoms with Crippen LogP contribution < -0.4 is 5.73 Å². The second kappa shape index (κ2) is 3.88. The van der Waals surface area contributed by atoms with E-state index in [1.807, 2.05) is 0 Å². The van der Waals surface area contributed by atoms with Crippen LogP contribution in [-0.4, -0.2) is 25.8 Å². The zero-order valence-electron chi connectivity index (χ0n) is 7.68. The largest absolute Gasteiger partial charge is 0.409 e. The van der Waals surface area contributed by atoms with Crippen LogP contribution >= 0.6 is 0 Å². The Bertz CT molecular complexity index is 304. The molecule has 0 fully saturated rings. The number of nitrogens with two attached hydrogens (primary N) is 1. The number of aromatic nitrogens is 3. The summed E-state index contributed by atoms with van der Waals surface area (Å²) in [6.45, 7) is 4.92. The Morgan fingerprint density at radius 1 is 1.77 bits per heavy atom. The molecule has 0 radical (unpaired) electrons. The van der Waals surface area contributed by atoms with Crippen molar-refractivity contribution in [3.8, 4) is 0 Å². The summed E-state index contributed by atoms with van der Waals surface area (Å²) in [5, 5.41) is 15.2. The van der Waals surface area contributed by atoms with Gasteiger partial charge in [-0.3, -0.25) is 4.68 Å². The third-order valence-corrected chi connectivity index (χ3v) is 1.43. The van der Waals surface area contributed by atoms with Gasteiger partial charge in [0.05, 0.1) is 0 Å². The molecule has 1 aromatic heterocycles. The van der Waals surface area contributed by atoms with Gasteiger partial charge in [-0.15, -0.1) is 5.10 Å². The Balaban J connectivity index is 2.75. The molecule has 0 bridgehead atoms. The Kier molecular flexibility index (Phi) is 2.84. The fraction of sp³-hybridized carbons (Fsp3) is 0.571. The molecule has 13 heavy (non-hydrogen) atoms. The van der Waals surface area contributed by atoms with Gasteiger partial charge >= 0.3 is 0 Å². The van der Waals surface area contributed by atoms with Gasteiger partial charge in [0.15, 0.2) is 0 Å². The topological polar surface area (TPSA) is 89.3 Å². The number of oxime groups is 1. The van der Waals surface area contributed by atoms with Gasteiger partial charge in [0.25, 0.3) is 0 Å². The highest BCUT2D eigenvalue weighted by Crippen LogP contribution is 1.97. The first-order valence-electron chi connectivity index (χ1n) is 4.01. The molecule has 1 heterocycles. The van der Waals surface area contributed by atoms with Crippen molar-refractivity contribution in [3.63, 3.8) is 0 Å². The summed E-state index contributed by atoms with van der Waals surface area (Å²) in [5.74, 6) is 0.674. The summed E-state index contributed by atoms with van der Waals surface area (Å²) >= 11 is 0. The third kappa shape index (κ3) is 2.43. The van der Waals surface area contributed by atoms with Crippen molar-refractivity contribution < 1.29 is 5.21 Å². The first kappa shape index (κ1) is 9.50. The number of hydrogen-bond donors (Lipinski definition) is 2. The molecule has 0 unspecified atom stereocenters. The predicted octanol–water partition coefficient (Wildman–Crippen LogP) is 0.0286. The van der Waals surface area contributed by atoms with Gasteiger partial charge in [0, 0.05) is 6.54 Å². The van der Waals surface area contributed by atoms with Gasteiger partial charge in [-0.2, -0.15) is 0 Å². The molecule has 3 N–H and O–H groups in total. The van der Waals surface area contributed by atoms with Crippen molar-refractivity contribution >= 4 is 5.84 Å². The van der Waals surface area contributed by atoms with Crippen LogP contribution in [0.25, 0.3) is 0 Å². The van der Waals surface area contributed by atoms with Gasteiger partial charge < -0.3 is 10.9 Å². The number of nitrogens with zero attached hydrogens (tertiary/aromatic N) is 4.